The molecular formula is C19H26N2O. The Morgan fingerprint density at radius 2 is 1.59 bits per heavy atom. The molecule has 2 aromatic rings. The second-order valence-electron chi connectivity index (χ2n) is 5.99. The SMILES string of the molecule is CC(NCc1ccc(N(C)C)cc1)C(O)Cc1ccccc1. The quantitative estimate of drug-likeness (QED) is 0.825. The standard InChI is InChI=1S/C19H26N2O/c1-15(19(22)13-16-7-5-4-6-8-16)20-14-17-9-11-18(12-10-17)21(2)3/h4-12,15,19-20,22H,13-14H2,1-3H3. The van der Waals surface area contributed by atoms with Gasteiger partial charge in [-0.3, -0.25) is 0 Å². The van der Waals surface area contributed by atoms with E-state index in [1.807, 2.05) is 39.2 Å². The van der Waals surface area contributed by atoms with Gasteiger partial charge in [0.05, 0.1) is 6.10 Å². The van der Waals surface area contributed by atoms with E-state index in [9.17, 15) is 5.11 Å². The van der Waals surface area contributed by atoms with Crippen LogP contribution in [0, 0.1) is 0 Å². The van der Waals surface area contributed by atoms with Crippen molar-refractivity contribution < 1.29 is 5.11 Å². The number of hydrogen-bond donors (Lipinski definition) is 2. The monoisotopic (exact) mass is 298 g/mol. The molecule has 0 bridgehead atoms. The van der Waals surface area contributed by atoms with E-state index in [-0.39, 0.29) is 12.1 Å². The number of rotatable bonds is 7. The first kappa shape index (κ1) is 16.5. The molecule has 3 nitrogen and oxygen atoms in total. The molecule has 3 heteroatoms. The number of nitrogens with zero attached hydrogens (tertiary/aromatic N) is 1. The van der Waals surface area contributed by atoms with Gasteiger partial charge in [-0.15, -0.1) is 0 Å². The molecule has 0 aliphatic heterocycles. The van der Waals surface area contributed by atoms with Crippen molar-refractivity contribution in [1.82, 2.24) is 5.32 Å². The molecular weight excluding hydrogens is 272 g/mol. The Morgan fingerprint density at radius 1 is 0.955 bits per heavy atom. The van der Waals surface area contributed by atoms with Crippen molar-refractivity contribution in [3.05, 3.63) is 65.7 Å². The topological polar surface area (TPSA) is 35.5 Å². The minimum absolute atomic E-state index is 0.0498. The van der Waals surface area contributed by atoms with Gasteiger partial charge in [0.15, 0.2) is 0 Å². The first-order valence-electron chi connectivity index (χ1n) is 7.78. The van der Waals surface area contributed by atoms with Crippen molar-refractivity contribution in [2.75, 3.05) is 19.0 Å². The maximum Gasteiger partial charge on any atom is 0.0730 e. The van der Waals surface area contributed by atoms with Crippen molar-refractivity contribution in [3.63, 3.8) is 0 Å². The van der Waals surface area contributed by atoms with E-state index in [0.29, 0.717) is 6.42 Å². The lowest BCUT2D eigenvalue weighted by molar-refractivity contribution is 0.134. The Kier molecular flexibility index (Phi) is 5.99. The van der Waals surface area contributed by atoms with Crippen LogP contribution in [0.1, 0.15) is 18.1 Å². The Morgan fingerprint density at radius 3 is 2.18 bits per heavy atom. The summed E-state index contributed by atoms with van der Waals surface area (Å²) < 4.78 is 0. The normalized spacial score (nSPS) is 13.6. The Hall–Kier alpha value is -1.84. The van der Waals surface area contributed by atoms with Gasteiger partial charge in [-0.05, 0) is 36.6 Å². The van der Waals surface area contributed by atoms with E-state index in [1.54, 1.807) is 0 Å². The van der Waals surface area contributed by atoms with Gasteiger partial charge in [-0.25, -0.2) is 0 Å². The zero-order valence-electron chi connectivity index (χ0n) is 13.7. The fourth-order valence-electron chi connectivity index (χ4n) is 2.36. The fourth-order valence-corrected chi connectivity index (χ4v) is 2.36. The predicted octanol–water partition coefficient (Wildman–Crippen LogP) is 2.83. The van der Waals surface area contributed by atoms with E-state index in [2.05, 4.69) is 46.6 Å². The minimum Gasteiger partial charge on any atom is -0.391 e. The van der Waals surface area contributed by atoms with Crippen molar-refractivity contribution in [3.8, 4) is 0 Å². The van der Waals surface area contributed by atoms with Crippen LogP contribution in [0.4, 0.5) is 5.69 Å². The van der Waals surface area contributed by atoms with Crippen LogP contribution in [-0.4, -0.2) is 31.3 Å². The second kappa shape index (κ2) is 7.97. The first-order valence-corrected chi connectivity index (χ1v) is 7.78. The molecule has 0 radical (unpaired) electrons. The predicted molar refractivity (Wildman–Crippen MR) is 93.2 cm³/mol. The van der Waals surface area contributed by atoms with Crippen LogP contribution in [0.2, 0.25) is 0 Å². The molecule has 2 N–H and O–H groups in total. The molecule has 0 aliphatic carbocycles. The summed E-state index contributed by atoms with van der Waals surface area (Å²) in [6, 6.07) is 18.6. The maximum atomic E-state index is 10.3. The third-order valence-electron chi connectivity index (χ3n) is 3.95. The smallest absolute Gasteiger partial charge is 0.0730 e. The highest BCUT2D eigenvalue weighted by Gasteiger charge is 2.14. The van der Waals surface area contributed by atoms with Crippen LogP contribution in [0.3, 0.4) is 0 Å². The van der Waals surface area contributed by atoms with Crippen molar-refractivity contribution in [1.29, 1.82) is 0 Å². The molecule has 0 spiro atoms. The van der Waals surface area contributed by atoms with Crippen LogP contribution >= 0.6 is 0 Å². The number of benzene rings is 2. The summed E-state index contributed by atoms with van der Waals surface area (Å²) in [6.45, 7) is 2.79. The van der Waals surface area contributed by atoms with Gasteiger partial charge < -0.3 is 15.3 Å². The third-order valence-corrected chi connectivity index (χ3v) is 3.95. The molecule has 2 aromatic carbocycles. The third kappa shape index (κ3) is 4.86. The Balaban J connectivity index is 1.82. The molecule has 2 atom stereocenters. The highest BCUT2D eigenvalue weighted by Crippen LogP contribution is 2.12. The van der Waals surface area contributed by atoms with Gasteiger partial charge in [0.1, 0.15) is 0 Å². The van der Waals surface area contributed by atoms with Gasteiger partial charge in [-0.1, -0.05) is 42.5 Å². The summed E-state index contributed by atoms with van der Waals surface area (Å²) in [5.74, 6) is 0. The minimum atomic E-state index is -0.386. The van der Waals surface area contributed by atoms with E-state index < -0.39 is 0 Å². The molecule has 0 saturated carbocycles. The molecule has 0 aliphatic rings. The summed E-state index contributed by atoms with van der Waals surface area (Å²) >= 11 is 0. The Bertz CT molecular complexity index is 551. The maximum absolute atomic E-state index is 10.3. The summed E-state index contributed by atoms with van der Waals surface area (Å²) in [4.78, 5) is 2.09. The lowest BCUT2D eigenvalue weighted by Gasteiger charge is -2.21. The first-order chi connectivity index (χ1) is 10.6. The largest absolute Gasteiger partial charge is 0.391 e. The van der Waals surface area contributed by atoms with Crippen LogP contribution in [-0.2, 0) is 13.0 Å². The highest BCUT2D eigenvalue weighted by atomic mass is 16.3. The molecule has 0 aromatic heterocycles. The zero-order valence-corrected chi connectivity index (χ0v) is 13.7. The Labute approximate surface area is 133 Å². The molecule has 0 saturated heterocycles. The summed E-state index contributed by atoms with van der Waals surface area (Å²) in [5, 5.41) is 13.7. The van der Waals surface area contributed by atoms with Crippen molar-refractivity contribution in [2.24, 2.45) is 0 Å². The summed E-state index contributed by atoms with van der Waals surface area (Å²) in [5.41, 5.74) is 3.59. The molecule has 22 heavy (non-hydrogen) atoms. The van der Waals surface area contributed by atoms with Crippen LogP contribution in [0.25, 0.3) is 0 Å². The van der Waals surface area contributed by atoms with Gasteiger partial charge in [0, 0.05) is 32.4 Å². The number of anilines is 1. The molecule has 2 unspecified atom stereocenters. The van der Waals surface area contributed by atoms with E-state index >= 15 is 0 Å². The lowest BCUT2D eigenvalue weighted by atomic mass is 10.0. The molecule has 118 valence electrons. The second-order valence-corrected chi connectivity index (χ2v) is 5.99. The zero-order chi connectivity index (χ0) is 15.9. The average molecular weight is 298 g/mol. The van der Waals surface area contributed by atoms with Gasteiger partial charge in [-0.2, -0.15) is 0 Å². The number of nitrogens with one attached hydrogen (secondary N) is 1. The fraction of sp³-hybridized carbons (Fsp3) is 0.368. The molecule has 2 rings (SSSR count). The molecule has 0 fully saturated rings. The van der Waals surface area contributed by atoms with Crippen molar-refractivity contribution in [2.45, 2.75) is 32.0 Å². The van der Waals surface area contributed by atoms with Crippen LogP contribution < -0.4 is 10.2 Å². The highest BCUT2D eigenvalue weighted by molar-refractivity contribution is 5.45. The van der Waals surface area contributed by atoms with E-state index in [4.69, 9.17) is 0 Å². The van der Waals surface area contributed by atoms with Gasteiger partial charge in [0.25, 0.3) is 0 Å². The number of aliphatic hydroxyl groups is 1. The summed E-state index contributed by atoms with van der Waals surface area (Å²) in [7, 11) is 4.07. The average Bonchev–Trinajstić information content (AvgIpc) is 2.53. The van der Waals surface area contributed by atoms with Gasteiger partial charge >= 0.3 is 0 Å². The molecule has 0 amide bonds. The number of aliphatic hydroxyl groups excluding tert-OH is 1. The van der Waals surface area contributed by atoms with E-state index in [1.165, 1.54) is 16.8 Å². The summed E-state index contributed by atoms with van der Waals surface area (Å²) in [6.07, 6.45) is 0.289. The lowest BCUT2D eigenvalue weighted by Crippen LogP contribution is -2.38. The molecule has 0 heterocycles. The van der Waals surface area contributed by atoms with Crippen molar-refractivity contribution >= 4 is 5.69 Å². The number of hydrogen-bond acceptors (Lipinski definition) is 3. The van der Waals surface area contributed by atoms with E-state index in [0.717, 1.165) is 6.54 Å². The van der Waals surface area contributed by atoms with Crippen LogP contribution in [0.15, 0.2) is 54.6 Å². The van der Waals surface area contributed by atoms with Gasteiger partial charge in [0.2, 0.25) is 0 Å². The van der Waals surface area contributed by atoms with Crippen LogP contribution in [0.5, 0.6) is 0 Å².